The molecule has 1 N–H and O–H groups in total. The van der Waals surface area contributed by atoms with Crippen LogP contribution in [0, 0.1) is 0 Å². The third kappa shape index (κ3) is 1.82. The van der Waals surface area contributed by atoms with Crippen molar-refractivity contribution in [2.24, 2.45) is 0 Å². The Balaban J connectivity index is 2.35. The summed E-state index contributed by atoms with van der Waals surface area (Å²) in [7, 11) is 0. The molecule has 0 aromatic carbocycles. The number of furan rings is 1. The molecule has 3 nitrogen and oxygen atoms in total. The molecule has 2 aromatic heterocycles. The lowest BCUT2D eigenvalue weighted by atomic mass is 10.4. The highest BCUT2D eigenvalue weighted by molar-refractivity contribution is 9.10. The Bertz CT molecular complexity index is 410. The lowest BCUT2D eigenvalue weighted by Crippen LogP contribution is -1.81. The number of aromatic nitrogens is 1. The van der Waals surface area contributed by atoms with E-state index < -0.39 is 0 Å². The van der Waals surface area contributed by atoms with Gasteiger partial charge in [-0.3, -0.25) is 0 Å². The summed E-state index contributed by atoms with van der Waals surface area (Å²) in [4.78, 5) is 4.17. The second-order valence-electron chi connectivity index (χ2n) is 2.41. The highest BCUT2D eigenvalue weighted by atomic mass is 79.9. The van der Waals surface area contributed by atoms with Crippen LogP contribution in [-0.2, 0) is 6.61 Å². The molecule has 5 heteroatoms. The van der Waals surface area contributed by atoms with Crippen molar-refractivity contribution in [2.75, 3.05) is 0 Å². The zero-order chi connectivity index (χ0) is 9.26. The second-order valence-corrected chi connectivity index (χ2v) is 4.05. The van der Waals surface area contributed by atoms with E-state index in [0.717, 1.165) is 10.8 Å². The fourth-order valence-electron chi connectivity index (χ4n) is 0.922. The molecule has 2 rings (SSSR count). The molecule has 2 aromatic rings. The highest BCUT2D eigenvalue weighted by Crippen LogP contribution is 2.27. The number of hydrogen-bond donors (Lipinski definition) is 1. The summed E-state index contributed by atoms with van der Waals surface area (Å²) in [6.45, 7) is -0.0294. The molecule has 68 valence electrons. The van der Waals surface area contributed by atoms with Crippen LogP contribution in [0.2, 0.25) is 0 Å². The quantitative estimate of drug-likeness (QED) is 0.902. The normalized spacial score (nSPS) is 10.6. The van der Waals surface area contributed by atoms with E-state index in [4.69, 9.17) is 9.52 Å². The number of hydrogen-bond acceptors (Lipinski definition) is 4. The summed E-state index contributed by atoms with van der Waals surface area (Å²) >= 11 is 4.67. The third-order valence-corrected chi connectivity index (χ3v) is 2.83. The minimum absolute atomic E-state index is 0.0294. The van der Waals surface area contributed by atoms with Gasteiger partial charge in [-0.15, -0.1) is 11.3 Å². The number of halogens is 1. The van der Waals surface area contributed by atoms with Crippen LogP contribution < -0.4 is 0 Å². The van der Waals surface area contributed by atoms with Crippen molar-refractivity contribution in [1.29, 1.82) is 0 Å². The van der Waals surface area contributed by atoms with Crippen LogP contribution >= 0.6 is 27.3 Å². The Labute approximate surface area is 87.2 Å². The Hall–Kier alpha value is -0.650. The van der Waals surface area contributed by atoms with Gasteiger partial charge in [0.15, 0.2) is 15.4 Å². The fourth-order valence-corrected chi connectivity index (χ4v) is 2.00. The lowest BCUT2D eigenvalue weighted by molar-refractivity contribution is 0.277. The first kappa shape index (κ1) is 8.93. The average molecular weight is 260 g/mol. The average Bonchev–Trinajstić information content (AvgIpc) is 2.71. The minimum Gasteiger partial charge on any atom is -0.447 e. The Kier molecular flexibility index (Phi) is 2.48. The van der Waals surface area contributed by atoms with Gasteiger partial charge in [0.2, 0.25) is 0 Å². The van der Waals surface area contributed by atoms with Crippen LogP contribution in [0.4, 0.5) is 0 Å². The smallest absolute Gasteiger partial charge is 0.170 e. The number of aliphatic hydroxyl groups excluding tert-OH is 1. The molecule has 0 aliphatic rings. The zero-order valence-electron chi connectivity index (χ0n) is 6.53. The predicted octanol–water partition coefficient (Wildman–Crippen LogP) is 2.66. The molecule has 2 heterocycles. The maximum atomic E-state index is 8.81. The van der Waals surface area contributed by atoms with Crippen molar-refractivity contribution in [3.63, 3.8) is 0 Å². The summed E-state index contributed by atoms with van der Waals surface area (Å²) in [5.74, 6) is 0.719. The zero-order valence-corrected chi connectivity index (χ0v) is 8.93. The summed E-state index contributed by atoms with van der Waals surface area (Å²) in [6.07, 6.45) is 0. The topological polar surface area (TPSA) is 46.3 Å². The van der Waals surface area contributed by atoms with Gasteiger partial charge >= 0.3 is 0 Å². The molecule has 0 unspecified atom stereocenters. The molecule has 0 aliphatic heterocycles. The van der Waals surface area contributed by atoms with Crippen molar-refractivity contribution in [1.82, 2.24) is 4.98 Å². The first-order chi connectivity index (χ1) is 6.29. The fraction of sp³-hybridized carbons (Fsp3) is 0.125. The van der Waals surface area contributed by atoms with Gasteiger partial charge in [0.05, 0.1) is 12.3 Å². The van der Waals surface area contributed by atoms with E-state index in [1.54, 1.807) is 0 Å². The van der Waals surface area contributed by atoms with E-state index in [1.165, 1.54) is 11.3 Å². The Morgan fingerprint density at radius 1 is 1.54 bits per heavy atom. The van der Waals surface area contributed by atoms with Crippen molar-refractivity contribution >= 4 is 27.3 Å². The van der Waals surface area contributed by atoms with E-state index in [0.29, 0.717) is 10.4 Å². The molecule has 0 atom stereocenters. The number of rotatable bonds is 2. The van der Waals surface area contributed by atoms with Crippen LogP contribution in [0.1, 0.15) is 5.69 Å². The summed E-state index contributed by atoms with van der Waals surface area (Å²) in [6, 6.07) is 3.65. The molecule has 0 aliphatic carbocycles. The van der Waals surface area contributed by atoms with E-state index >= 15 is 0 Å². The molecule has 0 radical (unpaired) electrons. The number of nitrogens with zero attached hydrogens (tertiary/aromatic N) is 1. The van der Waals surface area contributed by atoms with E-state index in [1.807, 2.05) is 17.5 Å². The van der Waals surface area contributed by atoms with Gasteiger partial charge in [0.25, 0.3) is 0 Å². The van der Waals surface area contributed by atoms with Crippen LogP contribution in [0.3, 0.4) is 0 Å². The van der Waals surface area contributed by atoms with Crippen molar-refractivity contribution in [2.45, 2.75) is 6.61 Å². The van der Waals surface area contributed by atoms with Gasteiger partial charge in [-0.1, -0.05) is 0 Å². The molecule has 13 heavy (non-hydrogen) atoms. The predicted molar refractivity (Wildman–Crippen MR) is 53.4 cm³/mol. The van der Waals surface area contributed by atoms with Gasteiger partial charge in [0, 0.05) is 5.38 Å². The summed E-state index contributed by atoms with van der Waals surface area (Å²) in [5.41, 5.74) is 0.674. The van der Waals surface area contributed by atoms with Crippen LogP contribution in [0.5, 0.6) is 0 Å². The van der Waals surface area contributed by atoms with Gasteiger partial charge in [-0.05, 0) is 28.1 Å². The third-order valence-electron chi connectivity index (χ3n) is 1.50. The number of thiazole rings is 1. The van der Waals surface area contributed by atoms with Crippen LogP contribution in [-0.4, -0.2) is 10.1 Å². The van der Waals surface area contributed by atoms with E-state index in [2.05, 4.69) is 20.9 Å². The first-order valence-corrected chi connectivity index (χ1v) is 5.28. The minimum atomic E-state index is -0.0294. The SMILES string of the molecule is OCc1csc(-c2ccc(Br)o2)n1. The second kappa shape index (κ2) is 3.61. The molecule has 0 amide bonds. The van der Waals surface area contributed by atoms with Crippen molar-refractivity contribution in [3.05, 3.63) is 27.9 Å². The molecule has 0 spiro atoms. The maximum absolute atomic E-state index is 8.81. The van der Waals surface area contributed by atoms with E-state index in [9.17, 15) is 0 Å². The van der Waals surface area contributed by atoms with Gasteiger partial charge in [0.1, 0.15) is 0 Å². The Morgan fingerprint density at radius 3 is 2.92 bits per heavy atom. The van der Waals surface area contributed by atoms with E-state index in [-0.39, 0.29) is 6.61 Å². The van der Waals surface area contributed by atoms with Gasteiger partial charge < -0.3 is 9.52 Å². The monoisotopic (exact) mass is 259 g/mol. The van der Waals surface area contributed by atoms with Crippen LogP contribution in [0.15, 0.2) is 26.6 Å². The molecule has 0 saturated carbocycles. The first-order valence-electron chi connectivity index (χ1n) is 3.60. The van der Waals surface area contributed by atoms with Crippen LogP contribution in [0.25, 0.3) is 10.8 Å². The van der Waals surface area contributed by atoms with Gasteiger partial charge in [-0.25, -0.2) is 4.98 Å². The largest absolute Gasteiger partial charge is 0.447 e. The number of aliphatic hydroxyl groups is 1. The molecule has 0 fully saturated rings. The molecule has 0 bridgehead atoms. The Morgan fingerprint density at radius 2 is 2.38 bits per heavy atom. The van der Waals surface area contributed by atoms with Gasteiger partial charge in [-0.2, -0.15) is 0 Å². The highest BCUT2D eigenvalue weighted by Gasteiger charge is 2.07. The molecule has 0 saturated heterocycles. The molecular formula is C8H6BrNO2S. The lowest BCUT2D eigenvalue weighted by Gasteiger charge is -1.87. The summed E-state index contributed by atoms with van der Waals surface area (Å²) < 4.78 is 5.99. The molecular weight excluding hydrogens is 254 g/mol. The standard InChI is InChI=1S/C8H6BrNO2S/c9-7-2-1-6(12-7)8-10-5(3-11)4-13-8/h1-2,4,11H,3H2. The van der Waals surface area contributed by atoms with Crippen molar-refractivity contribution in [3.8, 4) is 10.8 Å². The maximum Gasteiger partial charge on any atom is 0.170 e. The summed E-state index contributed by atoms with van der Waals surface area (Å²) in [5, 5.41) is 11.4. The van der Waals surface area contributed by atoms with Crippen molar-refractivity contribution < 1.29 is 9.52 Å².